The zero-order valence-electron chi connectivity index (χ0n) is 11.4. The first-order valence-electron chi connectivity index (χ1n) is 6.36. The van der Waals surface area contributed by atoms with Gasteiger partial charge in [-0.2, -0.15) is 5.26 Å². The highest BCUT2D eigenvalue weighted by Gasteiger charge is 2.09. The summed E-state index contributed by atoms with van der Waals surface area (Å²) in [5.41, 5.74) is 1.16. The molecule has 4 nitrogen and oxygen atoms in total. The smallest absolute Gasteiger partial charge is 0.147 e. The van der Waals surface area contributed by atoms with Crippen LogP contribution >= 0.6 is 31.9 Å². The van der Waals surface area contributed by atoms with Crippen LogP contribution in [0, 0.1) is 11.3 Å². The van der Waals surface area contributed by atoms with E-state index in [1.54, 1.807) is 7.11 Å². The molecule has 0 aliphatic heterocycles. The van der Waals surface area contributed by atoms with E-state index in [4.69, 9.17) is 14.7 Å². The van der Waals surface area contributed by atoms with Crippen molar-refractivity contribution in [2.24, 2.45) is 0 Å². The fourth-order valence-electron chi connectivity index (χ4n) is 1.58. The third kappa shape index (κ3) is 6.23. The summed E-state index contributed by atoms with van der Waals surface area (Å²) in [4.78, 5) is 0. The Morgan fingerprint density at radius 3 is 2.55 bits per heavy atom. The van der Waals surface area contributed by atoms with Gasteiger partial charge in [0.15, 0.2) is 0 Å². The van der Waals surface area contributed by atoms with E-state index >= 15 is 0 Å². The summed E-state index contributed by atoms with van der Waals surface area (Å²) in [5, 5.41) is 11.8. The average Bonchev–Trinajstić information content (AvgIpc) is 2.42. The number of methoxy groups -OCH3 is 1. The van der Waals surface area contributed by atoms with Crippen LogP contribution in [-0.2, 0) is 11.3 Å². The number of nitrogens with zero attached hydrogens (tertiary/aromatic N) is 1. The van der Waals surface area contributed by atoms with Gasteiger partial charge in [0.05, 0.1) is 28.2 Å². The molecule has 6 heteroatoms. The number of benzene rings is 1. The highest BCUT2D eigenvalue weighted by molar-refractivity contribution is 9.11. The molecule has 110 valence electrons. The number of rotatable bonds is 9. The van der Waals surface area contributed by atoms with Crippen molar-refractivity contribution in [3.8, 4) is 11.8 Å². The Bertz CT molecular complexity index is 438. The van der Waals surface area contributed by atoms with Crippen LogP contribution in [0.3, 0.4) is 0 Å². The third-order valence-corrected chi connectivity index (χ3v) is 3.73. The molecule has 0 radical (unpaired) electrons. The van der Waals surface area contributed by atoms with Crippen LogP contribution in [0.15, 0.2) is 21.1 Å². The molecule has 1 N–H and O–H groups in total. The van der Waals surface area contributed by atoms with Crippen LogP contribution < -0.4 is 10.1 Å². The first-order valence-corrected chi connectivity index (χ1v) is 7.95. The number of hydrogen-bond donors (Lipinski definition) is 1. The summed E-state index contributed by atoms with van der Waals surface area (Å²) >= 11 is 7.03. The summed E-state index contributed by atoms with van der Waals surface area (Å²) in [6.45, 7) is 2.83. The van der Waals surface area contributed by atoms with E-state index in [1.807, 2.05) is 12.1 Å². The lowest BCUT2D eigenvalue weighted by Gasteiger charge is -2.12. The Morgan fingerprint density at radius 1 is 1.25 bits per heavy atom. The van der Waals surface area contributed by atoms with Gasteiger partial charge < -0.3 is 14.8 Å². The average molecular weight is 406 g/mol. The summed E-state index contributed by atoms with van der Waals surface area (Å²) in [7, 11) is 1.69. The van der Waals surface area contributed by atoms with Crippen LogP contribution in [0.2, 0.25) is 0 Å². The van der Waals surface area contributed by atoms with Crippen molar-refractivity contribution in [1.82, 2.24) is 5.32 Å². The minimum absolute atomic E-state index is 0.511. The maximum atomic E-state index is 8.49. The molecule has 0 spiro atoms. The monoisotopic (exact) mass is 404 g/mol. The van der Waals surface area contributed by atoms with Gasteiger partial charge in [-0.25, -0.2) is 0 Å². The van der Waals surface area contributed by atoms with Gasteiger partial charge in [-0.1, -0.05) is 0 Å². The van der Waals surface area contributed by atoms with Gasteiger partial charge in [-0.15, -0.1) is 0 Å². The summed E-state index contributed by atoms with van der Waals surface area (Å²) < 4.78 is 12.5. The second-order valence-corrected chi connectivity index (χ2v) is 5.88. The molecular weight excluding hydrogens is 388 g/mol. The highest BCUT2D eigenvalue weighted by atomic mass is 79.9. The maximum absolute atomic E-state index is 8.49. The molecule has 0 unspecified atom stereocenters. The number of halogens is 2. The van der Waals surface area contributed by atoms with Gasteiger partial charge in [0.2, 0.25) is 0 Å². The first kappa shape index (κ1) is 17.4. The van der Waals surface area contributed by atoms with Crippen LogP contribution in [0.1, 0.15) is 18.4 Å². The summed E-state index contributed by atoms with van der Waals surface area (Å²) in [5.74, 6) is 0.781. The lowest BCUT2D eigenvalue weighted by atomic mass is 10.2. The van der Waals surface area contributed by atoms with E-state index in [-0.39, 0.29) is 0 Å². The number of ether oxygens (including phenoxy) is 2. The predicted molar refractivity (Wildman–Crippen MR) is 85.8 cm³/mol. The standard InChI is InChI=1S/C14H18Br2N2O2/c1-19-7-5-18-10-11-8-12(15)14(13(16)9-11)20-6-3-2-4-17/h8-9,18H,2-3,5-7,10H2,1H3. The predicted octanol–water partition coefficient (Wildman–Crippen LogP) is 3.63. The molecule has 20 heavy (non-hydrogen) atoms. The van der Waals surface area contributed by atoms with Crippen LogP contribution in [0.4, 0.5) is 0 Å². The fraction of sp³-hybridized carbons (Fsp3) is 0.500. The fourth-order valence-corrected chi connectivity index (χ4v) is 3.09. The molecule has 0 aliphatic rings. The Balaban J connectivity index is 2.55. The molecule has 0 bridgehead atoms. The number of unbranched alkanes of at least 4 members (excludes halogenated alkanes) is 1. The molecule has 1 aromatic carbocycles. The molecule has 0 saturated carbocycles. The molecule has 1 rings (SSSR count). The Hall–Kier alpha value is -0.610. The number of hydrogen-bond acceptors (Lipinski definition) is 4. The third-order valence-electron chi connectivity index (χ3n) is 2.55. The van der Waals surface area contributed by atoms with Gasteiger partial charge >= 0.3 is 0 Å². The molecule has 0 aromatic heterocycles. The number of nitriles is 1. The summed E-state index contributed by atoms with van der Waals surface area (Å²) in [6, 6.07) is 6.17. The van der Waals surface area contributed by atoms with Crippen LogP contribution in [0.5, 0.6) is 5.75 Å². The van der Waals surface area contributed by atoms with Gasteiger partial charge in [0.25, 0.3) is 0 Å². The van der Waals surface area contributed by atoms with Crippen molar-refractivity contribution < 1.29 is 9.47 Å². The normalized spacial score (nSPS) is 10.3. The quantitative estimate of drug-likeness (QED) is 0.637. The largest absolute Gasteiger partial charge is 0.491 e. The van der Waals surface area contributed by atoms with E-state index in [0.29, 0.717) is 19.6 Å². The van der Waals surface area contributed by atoms with Crippen molar-refractivity contribution in [1.29, 1.82) is 5.26 Å². The Labute approximate surface area is 136 Å². The molecule has 0 atom stereocenters. The molecule has 0 amide bonds. The van der Waals surface area contributed by atoms with E-state index in [9.17, 15) is 0 Å². The van der Waals surface area contributed by atoms with Crippen molar-refractivity contribution in [3.05, 3.63) is 26.6 Å². The van der Waals surface area contributed by atoms with Crippen molar-refractivity contribution in [2.45, 2.75) is 19.4 Å². The minimum Gasteiger partial charge on any atom is -0.491 e. The zero-order chi connectivity index (χ0) is 14.8. The molecular formula is C14H18Br2N2O2. The van der Waals surface area contributed by atoms with Gasteiger partial charge in [0.1, 0.15) is 5.75 Å². The van der Waals surface area contributed by atoms with E-state index in [1.165, 1.54) is 0 Å². The zero-order valence-corrected chi connectivity index (χ0v) is 14.6. The first-order chi connectivity index (χ1) is 9.69. The topological polar surface area (TPSA) is 54.3 Å². The van der Waals surface area contributed by atoms with Crippen molar-refractivity contribution in [3.63, 3.8) is 0 Å². The highest BCUT2D eigenvalue weighted by Crippen LogP contribution is 2.34. The van der Waals surface area contributed by atoms with E-state index < -0.39 is 0 Å². The van der Waals surface area contributed by atoms with Crippen molar-refractivity contribution >= 4 is 31.9 Å². The van der Waals surface area contributed by atoms with Crippen LogP contribution in [-0.4, -0.2) is 26.9 Å². The van der Waals surface area contributed by atoms with E-state index in [0.717, 1.165) is 39.8 Å². The molecule has 0 saturated heterocycles. The molecule has 0 fully saturated rings. The van der Waals surface area contributed by atoms with Gasteiger partial charge in [-0.3, -0.25) is 0 Å². The van der Waals surface area contributed by atoms with Gasteiger partial charge in [-0.05, 0) is 56.0 Å². The SMILES string of the molecule is COCCNCc1cc(Br)c(OCCCC#N)c(Br)c1. The second kappa shape index (κ2) is 10.2. The molecule has 0 aliphatic carbocycles. The Kier molecular flexibility index (Phi) is 8.86. The lowest BCUT2D eigenvalue weighted by Crippen LogP contribution is -2.18. The maximum Gasteiger partial charge on any atom is 0.147 e. The van der Waals surface area contributed by atoms with Crippen LogP contribution in [0.25, 0.3) is 0 Å². The van der Waals surface area contributed by atoms with E-state index in [2.05, 4.69) is 43.2 Å². The Morgan fingerprint density at radius 2 is 1.95 bits per heavy atom. The lowest BCUT2D eigenvalue weighted by molar-refractivity contribution is 0.199. The minimum atomic E-state index is 0.511. The second-order valence-electron chi connectivity index (χ2n) is 4.17. The van der Waals surface area contributed by atoms with Crippen molar-refractivity contribution in [2.75, 3.05) is 26.9 Å². The number of nitrogens with one attached hydrogen (secondary N) is 1. The molecule has 1 aromatic rings. The summed E-state index contributed by atoms with van der Waals surface area (Å²) in [6.07, 6.45) is 1.24. The molecule has 0 heterocycles. The van der Waals surface area contributed by atoms with Gasteiger partial charge in [0, 0.05) is 26.6 Å².